The predicted octanol–water partition coefficient (Wildman–Crippen LogP) is 4.47. The first-order valence-corrected chi connectivity index (χ1v) is 11.1. The lowest BCUT2D eigenvalue weighted by Crippen LogP contribution is -2.41. The van der Waals surface area contributed by atoms with Gasteiger partial charge >= 0.3 is 7.12 Å². The van der Waals surface area contributed by atoms with Crippen LogP contribution in [0.3, 0.4) is 0 Å². The molecule has 1 fully saturated rings. The molecule has 162 valence electrons. The molecular weight excluding hydrogens is 434 g/mol. The minimum Gasteiger partial charge on any atom is -0.399 e. The molecule has 31 heavy (non-hydrogen) atoms. The van der Waals surface area contributed by atoms with Gasteiger partial charge in [-0.3, -0.25) is 4.79 Å². The van der Waals surface area contributed by atoms with Crippen LogP contribution in [0.5, 0.6) is 0 Å². The molecule has 1 amide bonds. The lowest BCUT2D eigenvalue weighted by Gasteiger charge is -2.32. The third kappa shape index (κ3) is 4.53. The minimum atomic E-state index is -0.457. The fraction of sp³-hybridized carbons (Fsp3) is 0.391. The van der Waals surface area contributed by atoms with Crippen molar-refractivity contribution in [3.63, 3.8) is 0 Å². The summed E-state index contributed by atoms with van der Waals surface area (Å²) in [6.07, 6.45) is 0.882. The van der Waals surface area contributed by atoms with Crippen molar-refractivity contribution in [2.75, 3.05) is 6.54 Å². The van der Waals surface area contributed by atoms with E-state index in [-0.39, 0.29) is 12.3 Å². The number of rotatable bonds is 4. The first kappa shape index (κ1) is 22.3. The summed E-state index contributed by atoms with van der Waals surface area (Å²) >= 11 is 12.4. The van der Waals surface area contributed by atoms with Crippen molar-refractivity contribution in [3.05, 3.63) is 63.6 Å². The zero-order chi connectivity index (χ0) is 22.4. The van der Waals surface area contributed by atoms with Crippen molar-refractivity contribution in [1.29, 1.82) is 0 Å². The highest BCUT2D eigenvalue weighted by atomic mass is 35.5. The summed E-state index contributed by atoms with van der Waals surface area (Å²) in [5, 5.41) is 7.18. The van der Waals surface area contributed by atoms with Gasteiger partial charge in [0, 0.05) is 22.0 Å². The number of carbonyl (C=O) groups excluding carboxylic acids is 1. The van der Waals surface area contributed by atoms with E-state index in [2.05, 4.69) is 5.10 Å². The van der Waals surface area contributed by atoms with Crippen molar-refractivity contribution >= 4 is 47.4 Å². The Bertz CT molecular complexity index is 1040. The Labute approximate surface area is 193 Å². The van der Waals surface area contributed by atoms with Crippen molar-refractivity contribution in [2.24, 2.45) is 5.10 Å². The number of hydrazone groups is 1. The van der Waals surface area contributed by atoms with Gasteiger partial charge in [0.05, 0.1) is 29.9 Å². The summed E-state index contributed by atoms with van der Waals surface area (Å²) < 4.78 is 12.3. The molecule has 0 radical (unpaired) electrons. The van der Waals surface area contributed by atoms with E-state index in [1.807, 2.05) is 52.0 Å². The van der Waals surface area contributed by atoms with Gasteiger partial charge in [-0.1, -0.05) is 47.5 Å². The summed E-state index contributed by atoms with van der Waals surface area (Å²) in [6.45, 7) is 8.62. The van der Waals surface area contributed by atoms with Crippen LogP contribution in [0.2, 0.25) is 10.0 Å². The van der Waals surface area contributed by atoms with Gasteiger partial charge in [-0.2, -0.15) is 5.10 Å². The number of carbonyl (C=O) groups is 1. The van der Waals surface area contributed by atoms with E-state index in [0.29, 0.717) is 23.0 Å². The Morgan fingerprint density at radius 3 is 2.52 bits per heavy atom. The summed E-state index contributed by atoms with van der Waals surface area (Å²) in [4.78, 5) is 12.9. The Balaban J connectivity index is 1.47. The largest absolute Gasteiger partial charge is 0.494 e. The van der Waals surface area contributed by atoms with E-state index in [4.69, 9.17) is 32.5 Å². The van der Waals surface area contributed by atoms with E-state index in [1.165, 1.54) is 5.01 Å². The molecule has 0 saturated carbocycles. The molecule has 0 spiro atoms. The fourth-order valence-electron chi connectivity index (χ4n) is 3.64. The Hall–Kier alpha value is -1.86. The highest BCUT2D eigenvalue weighted by Crippen LogP contribution is 2.36. The zero-order valence-electron chi connectivity index (χ0n) is 18.1. The smallest absolute Gasteiger partial charge is 0.399 e. The fourth-order valence-corrected chi connectivity index (χ4v) is 4.04. The van der Waals surface area contributed by atoms with Crippen LogP contribution >= 0.6 is 23.2 Å². The molecule has 5 nitrogen and oxygen atoms in total. The Kier molecular flexibility index (Phi) is 5.94. The average molecular weight is 459 g/mol. The molecule has 8 heteroatoms. The molecule has 0 bridgehead atoms. The number of halogens is 2. The lowest BCUT2D eigenvalue weighted by atomic mass is 9.78. The summed E-state index contributed by atoms with van der Waals surface area (Å²) in [5.41, 5.74) is 2.51. The second kappa shape index (κ2) is 8.25. The van der Waals surface area contributed by atoms with Crippen molar-refractivity contribution in [3.8, 4) is 0 Å². The highest BCUT2D eigenvalue weighted by Gasteiger charge is 2.51. The van der Waals surface area contributed by atoms with E-state index in [1.54, 1.807) is 18.2 Å². The number of hydrogen-bond acceptors (Lipinski definition) is 4. The summed E-state index contributed by atoms with van der Waals surface area (Å²) in [6, 6.07) is 13.0. The second-order valence-electron chi connectivity index (χ2n) is 8.95. The molecule has 1 saturated heterocycles. The molecular formula is C23H25BCl2N2O3. The summed E-state index contributed by atoms with van der Waals surface area (Å²) in [7, 11) is -0.457. The molecule has 0 aromatic heterocycles. The van der Waals surface area contributed by atoms with Crippen LogP contribution in [-0.2, 0) is 20.5 Å². The maximum absolute atomic E-state index is 12.9. The maximum Gasteiger partial charge on any atom is 0.494 e. The second-order valence-corrected chi connectivity index (χ2v) is 9.79. The van der Waals surface area contributed by atoms with Crippen molar-refractivity contribution in [1.82, 2.24) is 5.01 Å². The van der Waals surface area contributed by atoms with Crippen LogP contribution in [0.15, 0.2) is 47.6 Å². The summed E-state index contributed by atoms with van der Waals surface area (Å²) in [5.74, 6) is -0.0702. The lowest BCUT2D eigenvalue weighted by molar-refractivity contribution is -0.130. The molecule has 4 rings (SSSR count). The number of hydrogen-bond donors (Lipinski definition) is 0. The zero-order valence-corrected chi connectivity index (χ0v) is 19.6. The molecule has 2 aromatic rings. The van der Waals surface area contributed by atoms with E-state index in [0.717, 1.165) is 22.3 Å². The third-order valence-electron chi connectivity index (χ3n) is 6.16. The highest BCUT2D eigenvalue weighted by molar-refractivity contribution is 6.62. The van der Waals surface area contributed by atoms with Crippen LogP contribution in [0.1, 0.15) is 45.2 Å². The van der Waals surface area contributed by atoms with E-state index < -0.39 is 18.3 Å². The van der Waals surface area contributed by atoms with Crippen molar-refractivity contribution < 1.29 is 14.1 Å². The molecule has 2 aliphatic heterocycles. The predicted molar refractivity (Wildman–Crippen MR) is 125 cm³/mol. The van der Waals surface area contributed by atoms with Gasteiger partial charge in [0.25, 0.3) is 0 Å². The molecule has 0 unspecified atom stereocenters. The van der Waals surface area contributed by atoms with Gasteiger partial charge in [-0.05, 0) is 56.9 Å². The van der Waals surface area contributed by atoms with Crippen LogP contribution in [-0.4, -0.2) is 41.5 Å². The number of amides is 1. The van der Waals surface area contributed by atoms with Gasteiger partial charge < -0.3 is 9.31 Å². The SMILES string of the molecule is CC1(C)OB(c2cccc(CC(=O)N3CCC(c4cc(Cl)ccc4Cl)=N3)c2)OC1(C)C. The van der Waals surface area contributed by atoms with Gasteiger partial charge in [-0.25, -0.2) is 5.01 Å². The molecule has 2 heterocycles. The van der Waals surface area contributed by atoms with Crippen molar-refractivity contribution in [2.45, 2.75) is 51.7 Å². The van der Waals surface area contributed by atoms with Crippen LogP contribution in [0, 0.1) is 0 Å². The van der Waals surface area contributed by atoms with Gasteiger partial charge in [0.15, 0.2) is 0 Å². The maximum atomic E-state index is 12.9. The normalized spacial score (nSPS) is 19.6. The van der Waals surface area contributed by atoms with E-state index >= 15 is 0 Å². The quantitative estimate of drug-likeness (QED) is 0.635. The van der Waals surface area contributed by atoms with E-state index in [9.17, 15) is 4.79 Å². The van der Waals surface area contributed by atoms with Crippen LogP contribution in [0.25, 0.3) is 0 Å². The monoisotopic (exact) mass is 458 g/mol. The van der Waals surface area contributed by atoms with Gasteiger partial charge in [0.1, 0.15) is 0 Å². The molecule has 0 aliphatic carbocycles. The molecule has 2 aromatic carbocycles. The molecule has 0 atom stereocenters. The average Bonchev–Trinajstić information content (AvgIpc) is 3.27. The Morgan fingerprint density at radius 2 is 1.81 bits per heavy atom. The molecule has 2 aliphatic rings. The number of benzene rings is 2. The standard InChI is InChI=1S/C23H25BCl2N2O3/c1-22(2)23(3,4)31-24(30-22)16-7-5-6-15(12-16)13-21(29)28-11-10-20(27-28)18-14-17(25)8-9-19(18)26/h5-9,12,14H,10-11,13H2,1-4H3. The first-order valence-electron chi connectivity index (χ1n) is 10.3. The topological polar surface area (TPSA) is 51.1 Å². The number of nitrogens with zero attached hydrogens (tertiary/aromatic N) is 2. The Morgan fingerprint density at radius 1 is 1.10 bits per heavy atom. The minimum absolute atomic E-state index is 0.0702. The van der Waals surface area contributed by atoms with Gasteiger partial charge in [0.2, 0.25) is 5.91 Å². The first-order chi connectivity index (χ1) is 14.6. The third-order valence-corrected chi connectivity index (χ3v) is 6.73. The van der Waals surface area contributed by atoms with Gasteiger partial charge in [-0.15, -0.1) is 0 Å². The van der Waals surface area contributed by atoms with Crippen LogP contribution in [0.4, 0.5) is 0 Å². The molecule has 0 N–H and O–H groups in total. The van der Waals surface area contributed by atoms with Crippen LogP contribution < -0.4 is 5.46 Å².